The van der Waals surface area contributed by atoms with Gasteiger partial charge >= 0.3 is 19.3 Å². The van der Waals surface area contributed by atoms with Crippen LogP contribution in [0.5, 0.6) is 0 Å². The monoisotopic (exact) mass is 450 g/mol. The first kappa shape index (κ1) is 22.9. The molecule has 0 bridgehead atoms. The Morgan fingerprint density at radius 3 is 2.52 bits per heavy atom. The number of carbonyl (C=O) groups is 1. The Balaban J connectivity index is 1.85. The maximum Gasteiger partial charge on any atom is 0.353 e. The first-order valence-electron chi connectivity index (χ1n) is 9.47. The molecule has 2 aromatic rings. The molecule has 1 aliphatic heterocycles. The fourth-order valence-corrected chi connectivity index (χ4v) is 3.93. The fraction of sp³-hybridized carbons (Fsp3) is 0.350. The molecule has 0 radical (unpaired) electrons. The number of nitrogens with one attached hydrogen (secondary N) is 1. The number of hydrogen-bond donors (Lipinski definition) is 1. The minimum atomic E-state index is -3.43. The van der Waals surface area contributed by atoms with Crippen LogP contribution >= 0.6 is 7.60 Å². The van der Waals surface area contributed by atoms with Crippen molar-refractivity contribution in [2.75, 3.05) is 14.2 Å². The molecule has 3 rings (SSSR count). The quantitative estimate of drug-likeness (QED) is 0.504. The summed E-state index contributed by atoms with van der Waals surface area (Å²) >= 11 is 0. The molecule has 3 unspecified atom stereocenters. The molecule has 1 N–H and O–H groups in total. The van der Waals surface area contributed by atoms with Gasteiger partial charge in [-0.1, -0.05) is 18.2 Å². The predicted molar refractivity (Wildman–Crippen MR) is 111 cm³/mol. The maximum absolute atomic E-state index is 12.5. The molecule has 1 aromatic heterocycles. The SMILES string of the molecule is COP(=O)(/C=C/C1CC(OC(=O)c2ccccc2)CC(n2ccc(=O)[nH]c2=O)O1)OC. The van der Waals surface area contributed by atoms with E-state index in [2.05, 4.69) is 4.98 Å². The second-order valence-corrected chi connectivity index (χ2v) is 8.87. The minimum absolute atomic E-state index is 0.182. The van der Waals surface area contributed by atoms with E-state index in [9.17, 15) is 18.9 Å². The summed E-state index contributed by atoms with van der Waals surface area (Å²) in [5.41, 5.74) is -0.807. The molecule has 0 amide bonds. The molecule has 11 heteroatoms. The average Bonchev–Trinajstić information content (AvgIpc) is 2.78. The van der Waals surface area contributed by atoms with Gasteiger partial charge in [0.15, 0.2) is 0 Å². The van der Waals surface area contributed by atoms with Gasteiger partial charge in [-0.05, 0) is 18.2 Å². The highest BCUT2D eigenvalue weighted by molar-refractivity contribution is 7.57. The van der Waals surface area contributed by atoms with Crippen LogP contribution < -0.4 is 11.2 Å². The second kappa shape index (κ2) is 10.0. The highest BCUT2D eigenvalue weighted by atomic mass is 31.2. The smallest absolute Gasteiger partial charge is 0.353 e. The van der Waals surface area contributed by atoms with E-state index >= 15 is 0 Å². The first-order valence-corrected chi connectivity index (χ1v) is 11.1. The van der Waals surface area contributed by atoms with Crippen LogP contribution in [0, 0.1) is 0 Å². The van der Waals surface area contributed by atoms with Gasteiger partial charge in [-0.25, -0.2) is 9.59 Å². The zero-order valence-corrected chi connectivity index (χ0v) is 17.9. The molecule has 0 saturated carbocycles. The lowest BCUT2D eigenvalue weighted by Crippen LogP contribution is -2.40. The topological polar surface area (TPSA) is 126 Å². The maximum atomic E-state index is 12.5. The second-order valence-electron chi connectivity index (χ2n) is 6.76. The lowest BCUT2D eigenvalue weighted by Gasteiger charge is -2.34. The predicted octanol–water partition coefficient (Wildman–Crippen LogP) is 2.44. The Bertz CT molecular complexity index is 1090. The number of rotatable bonds is 7. The normalized spacial score (nSPS) is 21.8. The third-order valence-corrected chi connectivity index (χ3v) is 6.28. The summed E-state index contributed by atoms with van der Waals surface area (Å²) in [7, 11) is -0.928. The Hall–Kier alpha value is -2.78. The molecule has 1 fully saturated rings. The van der Waals surface area contributed by atoms with Crippen molar-refractivity contribution < 1.29 is 27.9 Å². The van der Waals surface area contributed by atoms with Gasteiger partial charge in [0.1, 0.15) is 12.3 Å². The highest BCUT2D eigenvalue weighted by Gasteiger charge is 2.33. The molecular weight excluding hydrogens is 427 g/mol. The lowest BCUT2D eigenvalue weighted by atomic mass is 10.0. The summed E-state index contributed by atoms with van der Waals surface area (Å²) in [5.74, 6) is 0.744. The number of nitrogens with zero attached hydrogens (tertiary/aromatic N) is 1. The van der Waals surface area contributed by atoms with Crippen molar-refractivity contribution in [1.82, 2.24) is 9.55 Å². The van der Waals surface area contributed by atoms with Crippen molar-refractivity contribution >= 4 is 13.6 Å². The summed E-state index contributed by atoms with van der Waals surface area (Å²) in [6.45, 7) is 0. The molecule has 1 aliphatic rings. The highest BCUT2D eigenvalue weighted by Crippen LogP contribution is 2.48. The van der Waals surface area contributed by atoms with E-state index in [4.69, 9.17) is 18.5 Å². The first-order chi connectivity index (χ1) is 14.8. The molecule has 166 valence electrons. The molecule has 2 heterocycles. The van der Waals surface area contributed by atoms with Gasteiger partial charge in [-0.3, -0.25) is 18.9 Å². The van der Waals surface area contributed by atoms with Crippen LogP contribution in [-0.4, -0.2) is 41.9 Å². The molecule has 3 atom stereocenters. The van der Waals surface area contributed by atoms with E-state index in [-0.39, 0.29) is 12.8 Å². The van der Waals surface area contributed by atoms with Crippen molar-refractivity contribution in [1.29, 1.82) is 0 Å². The molecule has 10 nitrogen and oxygen atoms in total. The van der Waals surface area contributed by atoms with E-state index in [0.717, 1.165) is 0 Å². The number of hydrogen-bond acceptors (Lipinski definition) is 8. The largest absolute Gasteiger partial charge is 0.458 e. The summed E-state index contributed by atoms with van der Waals surface area (Å²) in [6, 6.07) is 9.70. The summed E-state index contributed by atoms with van der Waals surface area (Å²) < 4.78 is 34.8. The number of aromatic amines is 1. The van der Waals surface area contributed by atoms with Crippen molar-refractivity contribution in [2.45, 2.75) is 31.3 Å². The summed E-state index contributed by atoms with van der Waals surface area (Å²) in [6.07, 6.45) is 1.14. The number of carbonyl (C=O) groups excluding carboxylic acids is 1. The minimum Gasteiger partial charge on any atom is -0.458 e. The summed E-state index contributed by atoms with van der Waals surface area (Å²) in [4.78, 5) is 38.3. The van der Waals surface area contributed by atoms with E-state index in [1.165, 1.54) is 42.9 Å². The van der Waals surface area contributed by atoms with Crippen LogP contribution in [0.3, 0.4) is 0 Å². The molecule has 0 aliphatic carbocycles. The van der Waals surface area contributed by atoms with Crippen molar-refractivity contribution in [2.24, 2.45) is 0 Å². The molecule has 1 saturated heterocycles. The van der Waals surface area contributed by atoms with Gasteiger partial charge in [-0.2, -0.15) is 0 Å². The van der Waals surface area contributed by atoms with Crippen LogP contribution in [0.2, 0.25) is 0 Å². The van der Waals surface area contributed by atoms with E-state index in [0.29, 0.717) is 5.56 Å². The Morgan fingerprint density at radius 2 is 1.87 bits per heavy atom. The Morgan fingerprint density at radius 1 is 1.16 bits per heavy atom. The number of benzene rings is 1. The van der Waals surface area contributed by atoms with Gasteiger partial charge in [0.25, 0.3) is 5.56 Å². The zero-order valence-electron chi connectivity index (χ0n) is 17.0. The van der Waals surface area contributed by atoms with Crippen LogP contribution in [0.4, 0.5) is 0 Å². The molecule has 0 spiro atoms. The van der Waals surface area contributed by atoms with Gasteiger partial charge < -0.3 is 18.5 Å². The number of H-pyrrole nitrogens is 1. The Kier molecular flexibility index (Phi) is 7.40. The number of aromatic nitrogens is 2. The van der Waals surface area contributed by atoms with E-state index in [1.54, 1.807) is 30.3 Å². The van der Waals surface area contributed by atoms with Gasteiger partial charge in [0.05, 0.1) is 11.7 Å². The van der Waals surface area contributed by atoms with Gasteiger partial charge in [0, 0.05) is 45.1 Å². The van der Waals surface area contributed by atoms with Gasteiger partial charge in [-0.15, -0.1) is 0 Å². The van der Waals surface area contributed by atoms with Crippen molar-refractivity contribution in [3.05, 3.63) is 80.9 Å². The standard InChI is InChI=1S/C20H23N2O8P/c1-27-31(26,28-2)11-9-15-12-16(30-19(24)14-6-4-3-5-7-14)13-18(29-15)22-10-8-17(23)21-20(22)25/h3-11,15-16,18H,12-13H2,1-2H3,(H,21,23,25)/b11-9+. The average molecular weight is 450 g/mol. The van der Waals surface area contributed by atoms with Crippen molar-refractivity contribution in [3.8, 4) is 0 Å². The lowest BCUT2D eigenvalue weighted by molar-refractivity contribution is -0.116. The van der Waals surface area contributed by atoms with Crippen molar-refractivity contribution in [3.63, 3.8) is 0 Å². The van der Waals surface area contributed by atoms with E-state index < -0.39 is 43.2 Å². The molecular formula is C20H23N2O8P. The van der Waals surface area contributed by atoms with Gasteiger partial charge in [0.2, 0.25) is 0 Å². The van der Waals surface area contributed by atoms with E-state index in [1.807, 2.05) is 0 Å². The number of esters is 1. The third kappa shape index (κ3) is 5.89. The number of ether oxygens (including phenoxy) is 2. The summed E-state index contributed by atoms with van der Waals surface area (Å²) in [5, 5.41) is 0. The Labute approximate surface area is 177 Å². The van der Waals surface area contributed by atoms with Crippen LogP contribution in [0.1, 0.15) is 29.4 Å². The van der Waals surface area contributed by atoms with Crippen LogP contribution in [0.25, 0.3) is 0 Å². The zero-order chi connectivity index (χ0) is 22.4. The third-order valence-electron chi connectivity index (χ3n) is 4.73. The van der Waals surface area contributed by atoms with Crippen LogP contribution in [-0.2, 0) is 23.1 Å². The molecule has 31 heavy (non-hydrogen) atoms. The van der Waals surface area contributed by atoms with Crippen LogP contribution in [0.15, 0.2) is 64.1 Å². The fourth-order valence-electron chi connectivity index (χ4n) is 3.14. The molecule has 1 aromatic carbocycles.